The van der Waals surface area contributed by atoms with Crippen molar-refractivity contribution in [1.82, 2.24) is 10.3 Å². The topological polar surface area (TPSA) is 24.9 Å². The molecule has 1 N–H and O–H groups in total. The fourth-order valence-electron chi connectivity index (χ4n) is 2.29. The Morgan fingerprint density at radius 3 is 2.88 bits per heavy atom. The predicted molar refractivity (Wildman–Crippen MR) is 71.3 cm³/mol. The second kappa shape index (κ2) is 4.59. The molecule has 0 saturated heterocycles. The highest BCUT2D eigenvalue weighted by molar-refractivity contribution is 7.09. The van der Waals surface area contributed by atoms with Gasteiger partial charge < -0.3 is 5.32 Å². The third kappa shape index (κ3) is 2.40. The summed E-state index contributed by atoms with van der Waals surface area (Å²) in [5.74, 6) is 0.701. The molecule has 0 spiro atoms. The van der Waals surface area contributed by atoms with Gasteiger partial charge >= 0.3 is 0 Å². The van der Waals surface area contributed by atoms with E-state index in [1.807, 2.05) is 11.7 Å². The molecule has 1 aliphatic rings. The van der Waals surface area contributed by atoms with E-state index >= 15 is 0 Å². The lowest BCUT2D eigenvalue weighted by Crippen LogP contribution is -2.21. The molecule has 1 fully saturated rings. The van der Waals surface area contributed by atoms with Gasteiger partial charge in [-0.3, -0.25) is 4.98 Å². The van der Waals surface area contributed by atoms with Crippen LogP contribution in [0.15, 0.2) is 42.0 Å². The van der Waals surface area contributed by atoms with Gasteiger partial charge in [0.25, 0.3) is 0 Å². The van der Waals surface area contributed by atoms with Crippen molar-refractivity contribution >= 4 is 11.3 Å². The summed E-state index contributed by atoms with van der Waals surface area (Å²) in [5, 5.41) is 3.68. The normalized spacial score (nSPS) is 24.5. The quantitative estimate of drug-likeness (QED) is 0.892. The predicted octanol–water partition coefficient (Wildman–Crippen LogP) is 3.35. The average Bonchev–Trinajstić information content (AvgIpc) is 2.92. The Labute approximate surface area is 106 Å². The molecule has 3 heteroatoms. The Hall–Kier alpha value is -1.19. The zero-order valence-electron chi connectivity index (χ0n) is 9.84. The third-order valence-corrected chi connectivity index (χ3v) is 4.32. The lowest BCUT2D eigenvalue weighted by molar-refractivity contribution is 0.569. The number of hydrogen-bond donors (Lipinski definition) is 1. The minimum Gasteiger partial charge on any atom is -0.306 e. The molecule has 0 radical (unpaired) electrons. The first-order valence-electron chi connectivity index (χ1n) is 6.04. The molecule has 1 aromatic heterocycles. The summed E-state index contributed by atoms with van der Waals surface area (Å²) in [6.07, 6.45) is 3.22. The molecule has 1 aromatic carbocycles. The third-order valence-electron chi connectivity index (χ3n) is 3.36. The van der Waals surface area contributed by atoms with Gasteiger partial charge in [0.1, 0.15) is 0 Å². The van der Waals surface area contributed by atoms with Crippen LogP contribution >= 0.6 is 11.3 Å². The summed E-state index contributed by atoms with van der Waals surface area (Å²) in [7, 11) is 0. The Morgan fingerprint density at radius 1 is 1.35 bits per heavy atom. The second-order valence-corrected chi connectivity index (χ2v) is 5.57. The van der Waals surface area contributed by atoms with Gasteiger partial charge in [0, 0.05) is 29.1 Å². The summed E-state index contributed by atoms with van der Waals surface area (Å²) in [5.41, 5.74) is 3.36. The summed E-state index contributed by atoms with van der Waals surface area (Å²) >= 11 is 1.72. The first-order valence-corrected chi connectivity index (χ1v) is 6.92. The molecular formula is C14H16N2S. The summed E-state index contributed by atoms with van der Waals surface area (Å²) in [4.78, 5) is 5.45. The van der Waals surface area contributed by atoms with Crippen molar-refractivity contribution in [2.24, 2.45) is 0 Å². The minimum atomic E-state index is 0.418. The molecule has 0 bridgehead atoms. The fraction of sp³-hybridized carbons (Fsp3) is 0.357. The number of aromatic nitrogens is 1. The summed E-state index contributed by atoms with van der Waals surface area (Å²) in [6, 6.07) is 11.8. The molecule has 88 valence electrons. The molecule has 3 atom stereocenters. The van der Waals surface area contributed by atoms with E-state index in [-0.39, 0.29) is 0 Å². The fourth-order valence-corrected chi connectivity index (χ4v) is 2.93. The first-order chi connectivity index (χ1) is 8.34. The standard InChI is InChI=1S/C14H16N2S/c1-10(14-8-15-9-17-14)16-13-7-12(13)11-5-3-2-4-6-11/h2-6,8-10,12-13,16H,7H2,1H3. The number of rotatable bonds is 4. The van der Waals surface area contributed by atoms with Gasteiger partial charge in [-0.2, -0.15) is 0 Å². The van der Waals surface area contributed by atoms with Crippen LogP contribution in [0, 0.1) is 0 Å². The Bertz CT molecular complexity index is 466. The molecule has 1 heterocycles. The largest absolute Gasteiger partial charge is 0.306 e. The summed E-state index contributed by atoms with van der Waals surface area (Å²) in [6.45, 7) is 2.22. The molecule has 0 amide bonds. The van der Waals surface area contributed by atoms with Gasteiger partial charge in [0.2, 0.25) is 0 Å². The van der Waals surface area contributed by atoms with E-state index in [1.165, 1.54) is 16.9 Å². The van der Waals surface area contributed by atoms with Gasteiger partial charge in [-0.1, -0.05) is 30.3 Å². The van der Waals surface area contributed by atoms with E-state index in [4.69, 9.17) is 0 Å². The average molecular weight is 244 g/mol. The second-order valence-electron chi connectivity index (χ2n) is 4.65. The Balaban J connectivity index is 1.59. The van der Waals surface area contributed by atoms with Crippen LogP contribution in [0.4, 0.5) is 0 Å². The minimum absolute atomic E-state index is 0.418. The molecular weight excluding hydrogens is 228 g/mol. The number of hydrogen-bond acceptors (Lipinski definition) is 3. The maximum atomic E-state index is 4.13. The lowest BCUT2D eigenvalue weighted by Gasteiger charge is -2.11. The number of nitrogens with one attached hydrogen (secondary N) is 1. The van der Waals surface area contributed by atoms with Crippen molar-refractivity contribution in [1.29, 1.82) is 0 Å². The number of thiazole rings is 1. The van der Waals surface area contributed by atoms with E-state index in [0.29, 0.717) is 18.0 Å². The lowest BCUT2D eigenvalue weighted by atomic mass is 10.1. The molecule has 17 heavy (non-hydrogen) atoms. The molecule has 0 aliphatic heterocycles. The van der Waals surface area contributed by atoms with Crippen molar-refractivity contribution in [3.63, 3.8) is 0 Å². The van der Waals surface area contributed by atoms with Crippen LogP contribution in [-0.2, 0) is 0 Å². The smallest absolute Gasteiger partial charge is 0.0794 e. The van der Waals surface area contributed by atoms with Crippen molar-refractivity contribution in [3.8, 4) is 0 Å². The van der Waals surface area contributed by atoms with E-state index in [9.17, 15) is 0 Å². The van der Waals surface area contributed by atoms with Gasteiger partial charge in [0.15, 0.2) is 0 Å². The van der Waals surface area contributed by atoms with E-state index < -0.39 is 0 Å². The van der Waals surface area contributed by atoms with Crippen molar-refractivity contribution in [2.75, 3.05) is 0 Å². The van der Waals surface area contributed by atoms with Crippen molar-refractivity contribution in [3.05, 3.63) is 52.5 Å². The molecule has 1 aliphatic carbocycles. The zero-order valence-corrected chi connectivity index (χ0v) is 10.7. The molecule has 2 aromatic rings. The van der Waals surface area contributed by atoms with Crippen LogP contribution in [0.3, 0.4) is 0 Å². The Morgan fingerprint density at radius 2 is 2.18 bits per heavy atom. The number of nitrogens with zero attached hydrogens (tertiary/aromatic N) is 1. The molecule has 2 nitrogen and oxygen atoms in total. The maximum Gasteiger partial charge on any atom is 0.0794 e. The van der Waals surface area contributed by atoms with Gasteiger partial charge in [-0.15, -0.1) is 11.3 Å². The van der Waals surface area contributed by atoms with Gasteiger partial charge in [-0.25, -0.2) is 0 Å². The van der Waals surface area contributed by atoms with Crippen LogP contribution in [0.5, 0.6) is 0 Å². The number of benzene rings is 1. The highest BCUT2D eigenvalue weighted by atomic mass is 32.1. The zero-order chi connectivity index (χ0) is 11.7. The monoisotopic (exact) mass is 244 g/mol. The van der Waals surface area contributed by atoms with Crippen molar-refractivity contribution < 1.29 is 0 Å². The molecule has 3 unspecified atom stereocenters. The van der Waals surface area contributed by atoms with Crippen LogP contribution in [0.25, 0.3) is 0 Å². The first kappa shape index (κ1) is 10.9. The van der Waals surface area contributed by atoms with Gasteiger partial charge in [0.05, 0.1) is 5.51 Å². The van der Waals surface area contributed by atoms with Crippen molar-refractivity contribution in [2.45, 2.75) is 31.3 Å². The van der Waals surface area contributed by atoms with Crippen LogP contribution in [0.2, 0.25) is 0 Å². The van der Waals surface area contributed by atoms with Gasteiger partial charge in [-0.05, 0) is 18.9 Å². The highest BCUT2D eigenvalue weighted by Gasteiger charge is 2.38. The van der Waals surface area contributed by atoms with Crippen LogP contribution in [0.1, 0.15) is 35.7 Å². The van der Waals surface area contributed by atoms with E-state index in [0.717, 1.165) is 0 Å². The Kier molecular flexibility index (Phi) is 2.95. The van der Waals surface area contributed by atoms with Crippen LogP contribution < -0.4 is 5.32 Å². The van der Waals surface area contributed by atoms with E-state index in [2.05, 4.69) is 47.6 Å². The molecule has 1 saturated carbocycles. The molecule has 3 rings (SSSR count). The van der Waals surface area contributed by atoms with Crippen LogP contribution in [-0.4, -0.2) is 11.0 Å². The maximum absolute atomic E-state index is 4.13. The SMILES string of the molecule is CC(NC1CC1c1ccccc1)c1cncs1. The summed E-state index contributed by atoms with van der Waals surface area (Å²) < 4.78 is 0. The highest BCUT2D eigenvalue weighted by Crippen LogP contribution is 2.42. The van der Waals surface area contributed by atoms with E-state index in [1.54, 1.807) is 11.3 Å².